The van der Waals surface area contributed by atoms with Crippen LogP contribution in [0.25, 0.3) is 21.8 Å². The van der Waals surface area contributed by atoms with Crippen LogP contribution < -0.4 is 14.5 Å². The highest BCUT2D eigenvalue weighted by atomic mass is 35.5. The molecule has 2 fully saturated rings. The molecule has 59 heavy (non-hydrogen) atoms. The van der Waals surface area contributed by atoms with Crippen LogP contribution in [-0.4, -0.2) is 60.1 Å². The maximum Gasteiger partial charge on any atom is 0.210 e. The molecule has 0 bridgehead atoms. The van der Waals surface area contributed by atoms with Gasteiger partial charge in [0.05, 0.1) is 49.4 Å². The molecule has 16 heteroatoms. The number of nitrogens with zero attached hydrogens (tertiary/aromatic N) is 4. The lowest BCUT2D eigenvalue weighted by atomic mass is 9.98. The first-order chi connectivity index (χ1) is 28.1. The zero-order valence-electron chi connectivity index (χ0n) is 32.4. The largest absolute Gasteiger partial charge is 0.495 e. The van der Waals surface area contributed by atoms with E-state index in [-0.39, 0.29) is 29.6 Å². The molecule has 0 unspecified atom stereocenters. The average Bonchev–Trinajstić information content (AvgIpc) is 3.21. The van der Waals surface area contributed by atoms with Crippen molar-refractivity contribution < 1.29 is 34.7 Å². The van der Waals surface area contributed by atoms with Gasteiger partial charge in [0.1, 0.15) is 33.0 Å². The lowest BCUT2D eigenvalue weighted by molar-refractivity contribution is 0.414. The first-order valence-corrected chi connectivity index (χ1v) is 22.8. The van der Waals surface area contributed by atoms with Crippen LogP contribution in [0.3, 0.4) is 0 Å². The summed E-state index contributed by atoms with van der Waals surface area (Å²) >= 11 is 12.0. The summed E-state index contributed by atoms with van der Waals surface area (Å²) in [7, 11) is -6.54. The molecule has 8 rings (SSSR count). The molecule has 2 aromatic heterocycles. The minimum absolute atomic E-state index is 0.0344. The van der Waals surface area contributed by atoms with Crippen LogP contribution in [-0.2, 0) is 19.7 Å². The molecule has 2 aliphatic rings. The Hall–Kier alpha value is -4.63. The number of sulfone groups is 2. The molecular formula is C43H41Cl2F3N4O5S2. The van der Waals surface area contributed by atoms with Gasteiger partial charge in [-0.15, -0.1) is 0 Å². The summed E-state index contributed by atoms with van der Waals surface area (Å²) in [5.74, 6) is -0.115. The summed E-state index contributed by atoms with van der Waals surface area (Å²) in [6, 6.07) is 16.0. The van der Waals surface area contributed by atoms with Gasteiger partial charge < -0.3 is 14.5 Å². The second-order valence-electron chi connectivity index (χ2n) is 15.0. The number of aromatic nitrogens is 2. The van der Waals surface area contributed by atoms with Crippen molar-refractivity contribution in [3.63, 3.8) is 0 Å². The van der Waals surface area contributed by atoms with E-state index in [0.29, 0.717) is 76.9 Å². The molecule has 0 aliphatic carbocycles. The Morgan fingerprint density at radius 2 is 1.03 bits per heavy atom. The number of ether oxygens (including phenoxy) is 1. The Bertz CT molecular complexity index is 2780. The van der Waals surface area contributed by atoms with Gasteiger partial charge in [-0.1, -0.05) is 37.0 Å². The summed E-state index contributed by atoms with van der Waals surface area (Å²) in [5, 5.41) is 0.852. The molecule has 0 radical (unpaired) electrons. The van der Waals surface area contributed by atoms with Crippen molar-refractivity contribution in [2.45, 2.75) is 59.1 Å². The van der Waals surface area contributed by atoms with Crippen molar-refractivity contribution in [2.24, 2.45) is 11.8 Å². The van der Waals surface area contributed by atoms with Gasteiger partial charge in [0, 0.05) is 49.3 Å². The van der Waals surface area contributed by atoms with Gasteiger partial charge in [0.15, 0.2) is 0 Å². The summed E-state index contributed by atoms with van der Waals surface area (Å²) in [4.78, 5) is 12.5. The molecule has 6 aromatic rings. The molecule has 9 nitrogen and oxygen atoms in total. The third-order valence-electron chi connectivity index (χ3n) is 10.9. The number of hydrogen-bond acceptors (Lipinski definition) is 9. The van der Waals surface area contributed by atoms with Crippen molar-refractivity contribution in [3.8, 4) is 5.75 Å². The number of rotatable bonds is 7. The smallest absolute Gasteiger partial charge is 0.210 e. The molecule has 0 saturated carbocycles. The highest BCUT2D eigenvalue weighted by molar-refractivity contribution is 7.92. The average molecular weight is 886 g/mol. The van der Waals surface area contributed by atoms with E-state index in [9.17, 15) is 30.0 Å². The van der Waals surface area contributed by atoms with Crippen molar-refractivity contribution in [3.05, 3.63) is 113 Å². The lowest BCUT2D eigenvalue weighted by Gasteiger charge is -2.34. The predicted molar refractivity (Wildman–Crippen MR) is 225 cm³/mol. The molecule has 0 N–H and O–H groups in total. The van der Waals surface area contributed by atoms with E-state index in [1.54, 1.807) is 6.07 Å². The Morgan fingerprint density at radius 1 is 0.610 bits per heavy atom. The molecule has 2 aliphatic heterocycles. The Morgan fingerprint density at radius 3 is 1.44 bits per heavy atom. The third kappa shape index (κ3) is 8.68. The van der Waals surface area contributed by atoms with E-state index < -0.39 is 37.1 Å². The summed E-state index contributed by atoms with van der Waals surface area (Å²) in [6.07, 6.45) is 6.34. The number of halogens is 5. The second kappa shape index (κ2) is 17.2. The van der Waals surface area contributed by atoms with Gasteiger partial charge in [0.25, 0.3) is 0 Å². The van der Waals surface area contributed by atoms with E-state index in [1.165, 1.54) is 74.1 Å². The molecule has 310 valence electrons. The second-order valence-corrected chi connectivity index (χ2v) is 19.6. The Labute approximate surface area is 351 Å². The van der Waals surface area contributed by atoms with Crippen molar-refractivity contribution in [2.75, 3.05) is 43.1 Å². The topological polar surface area (TPSA) is 110 Å². The quantitative estimate of drug-likeness (QED) is 0.145. The first-order valence-electron chi connectivity index (χ1n) is 19.0. The molecule has 0 amide bonds. The standard InChI is InChI=1S/C22H22ClFN2O3S.C21H19ClF2N2O2S/c1-14-7-9-26(10-8-14)22-17-11-15(24)3-5-19(17)25-13-21(22)30(27,28)16-4-6-20(29-2)18(23)12-16;1-13-6-8-26(9-7-13)21-16-10-14(23)2-5-19(16)25-12-20(21)29(27,28)15-3-4-18(24)17(22)11-15/h3-6,11-14H,7-10H2,1-2H3;2-5,10-13H,6-9H2,1H3. The van der Waals surface area contributed by atoms with Crippen LogP contribution in [0.5, 0.6) is 5.75 Å². The zero-order chi connectivity index (χ0) is 42.2. The third-order valence-corrected chi connectivity index (χ3v) is 15.0. The number of methoxy groups -OCH3 is 1. The molecule has 4 heterocycles. The lowest BCUT2D eigenvalue weighted by Crippen LogP contribution is -2.34. The van der Waals surface area contributed by atoms with Crippen molar-refractivity contribution >= 4 is 76.1 Å². The fourth-order valence-electron chi connectivity index (χ4n) is 7.49. The minimum Gasteiger partial charge on any atom is -0.495 e. The van der Waals surface area contributed by atoms with E-state index in [4.69, 9.17) is 27.9 Å². The van der Waals surface area contributed by atoms with Gasteiger partial charge in [-0.25, -0.2) is 30.0 Å². The number of pyridine rings is 2. The number of fused-ring (bicyclic) bond motifs is 2. The molecule has 0 spiro atoms. The van der Waals surface area contributed by atoms with Crippen LogP contribution in [0.4, 0.5) is 24.5 Å². The monoisotopic (exact) mass is 884 g/mol. The van der Waals surface area contributed by atoms with E-state index in [2.05, 4.69) is 23.8 Å². The fourth-order valence-corrected chi connectivity index (χ4v) is 11.0. The summed E-state index contributed by atoms with van der Waals surface area (Å²) < 4.78 is 101. The number of anilines is 2. The van der Waals surface area contributed by atoms with E-state index in [0.717, 1.165) is 37.8 Å². The van der Waals surface area contributed by atoms with E-state index >= 15 is 0 Å². The van der Waals surface area contributed by atoms with Crippen LogP contribution in [0.2, 0.25) is 10.0 Å². The Kier molecular flexibility index (Phi) is 12.4. The van der Waals surface area contributed by atoms with Gasteiger partial charge in [-0.05, 0) is 110 Å². The molecule has 4 aromatic carbocycles. The number of benzene rings is 4. The van der Waals surface area contributed by atoms with Gasteiger partial charge in [0.2, 0.25) is 19.7 Å². The fraction of sp³-hybridized carbons (Fsp3) is 0.302. The van der Waals surface area contributed by atoms with Crippen LogP contribution in [0.15, 0.2) is 105 Å². The van der Waals surface area contributed by atoms with Crippen LogP contribution in [0, 0.1) is 29.3 Å². The van der Waals surface area contributed by atoms with Crippen molar-refractivity contribution in [1.29, 1.82) is 0 Å². The van der Waals surface area contributed by atoms with Crippen LogP contribution >= 0.6 is 23.2 Å². The maximum atomic E-state index is 14.1. The number of piperidine rings is 2. The minimum atomic E-state index is -4.05. The van der Waals surface area contributed by atoms with Gasteiger partial charge in [-0.3, -0.25) is 9.97 Å². The van der Waals surface area contributed by atoms with Gasteiger partial charge >= 0.3 is 0 Å². The van der Waals surface area contributed by atoms with E-state index in [1.807, 2.05) is 9.80 Å². The van der Waals surface area contributed by atoms with Crippen LogP contribution in [0.1, 0.15) is 39.5 Å². The van der Waals surface area contributed by atoms with Crippen molar-refractivity contribution in [1.82, 2.24) is 9.97 Å². The summed E-state index contributed by atoms with van der Waals surface area (Å²) in [6.45, 7) is 7.04. The highest BCUT2D eigenvalue weighted by Gasteiger charge is 2.31. The molecular weight excluding hydrogens is 845 g/mol. The molecule has 0 atom stereocenters. The molecule has 2 saturated heterocycles. The summed E-state index contributed by atoms with van der Waals surface area (Å²) in [5.41, 5.74) is 1.99. The predicted octanol–water partition coefficient (Wildman–Crippen LogP) is 10.3. The maximum absolute atomic E-state index is 14.1. The number of hydrogen-bond donors (Lipinski definition) is 0. The first kappa shape index (κ1) is 42.5. The normalized spacial score (nSPS) is 15.7. The van der Waals surface area contributed by atoms with Gasteiger partial charge in [-0.2, -0.15) is 0 Å². The Balaban J connectivity index is 0.000000179. The SMILES string of the molecule is CC1CCN(c2c(S(=O)(=O)c3ccc(F)c(Cl)c3)cnc3ccc(F)cc23)CC1.COc1ccc(S(=O)(=O)c2cnc3ccc(F)cc3c2N2CCC(C)CC2)cc1Cl. The highest BCUT2D eigenvalue weighted by Crippen LogP contribution is 2.41. The zero-order valence-corrected chi connectivity index (χ0v) is 35.6.